The van der Waals surface area contributed by atoms with Crippen molar-refractivity contribution < 1.29 is 37.6 Å². The molecule has 0 N–H and O–H groups in total. The molecule has 88 valence electrons. The molecule has 0 spiro atoms. The summed E-state index contributed by atoms with van der Waals surface area (Å²) in [5.74, 6) is 0. The molecule has 0 aromatic heterocycles. The Bertz CT molecular complexity index is 124. The molecule has 0 aliphatic heterocycles. The Labute approximate surface area is 192 Å². The predicted molar refractivity (Wildman–Crippen MR) is 52.0 cm³/mol. The van der Waals surface area contributed by atoms with Gasteiger partial charge in [-0.15, -0.1) is 18.1 Å². The maximum Gasteiger partial charge on any atom is 2.00 e. The summed E-state index contributed by atoms with van der Waals surface area (Å²) in [7, 11) is -9.81. The molecule has 8 nitrogen and oxygen atoms in total. The van der Waals surface area contributed by atoms with E-state index < -0.39 is 18.1 Å². The van der Waals surface area contributed by atoms with Crippen molar-refractivity contribution in [1.29, 1.82) is 0 Å². The van der Waals surface area contributed by atoms with Crippen molar-refractivity contribution in [2.45, 2.75) is 13.8 Å². The summed E-state index contributed by atoms with van der Waals surface area (Å²) in [6.07, 6.45) is 0. The van der Waals surface area contributed by atoms with E-state index in [0.717, 1.165) is 0 Å². The van der Waals surface area contributed by atoms with Crippen LogP contribution in [0.1, 0.15) is 13.8 Å². The Hall–Kier alpha value is 3.89. The first-order chi connectivity index (χ1) is 6.12. The smallest absolute Gasteiger partial charge is 0.861 e. The van der Waals surface area contributed by atoms with Gasteiger partial charge < -0.3 is 37.6 Å². The quantitative estimate of drug-likeness (QED) is 0.446. The molecular formula is C4H10Ca3O8Si2. The van der Waals surface area contributed by atoms with E-state index in [-0.39, 0.29) is 126 Å². The van der Waals surface area contributed by atoms with Crippen LogP contribution in [0.25, 0.3) is 0 Å². The van der Waals surface area contributed by atoms with Crippen LogP contribution in [0, 0.1) is 0 Å². The summed E-state index contributed by atoms with van der Waals surface area (Å²) >= 11 is 0. The first-order valence-corrected chi connectivity index (χ1v) is 6.89. The molecule has 0 unspecified atom stereocenters. The minimum Gasteiger partial charge on any atom is -0.861 e. The van der Waals surface area contributed by atoms with E-state index in [4.69, 9.17) is 0 Å². The number of hydrogen-bond acceptors (Lipinski definition) is 8. The van der Waals surface area contributed by atoms with Crippen LogP contribution < -0.4 is 28.8 Å². The molecule has 0 fully saturated rings. The minimum atomic E-state index is -4.91. The third kappa shape index (κ3) is 45.0. The zero-order valence-electron chi connectivity index (χ0n) is 9.80. The molecule has 0 aliphatic carbocycles. The van der Waals surface area contributed by atoms with Gasteiger partial charge in [-0.05, 0) is 13.8 Å². The van der Waals surface area contributed by atoms with Crippen LogP contribution in [-0.2, 0) is 8.85 Å². The fourth-order valence-corrected chi connectivity index (χ4v) is 1.06. The maximum absolute atomic E-state index is 9.51. The summed E-state index contributed by atoms with van der Waals surface area (Å²) in [5, 5.41) is 0. The van der Waals surface area contributed by atoms with Crippen molar-refractivity contribution in [3.63, 3.8) is 0 Å². The van der Waals surface area contributed by atoms with Crippen LogP contribution in [0.4, 0.5) is 0 Å². The molecule has 0 rings (SSSR count). The van der Waals surface area contributed by atoms with Gasteiger partial charge in [0.2, 0.25) is 0 Å². The van der Waals surface area contributed by atoms with Gasteiger partial charge in [-0.3, -0.25) is 0 Å². The van der Waals surface area contributed by atoms with Crippen LogP contribution in [-0.4, -0.2) is 145 Å². The Morgan fingerprint density at radius 3 is 0.824 bits per heavy atom. The van der Waals surface area contributed by atoms with Crippen molar-refractivity contribution in [3.05, 3.63) is 0 Å². The minimum absolute atomic E-state index is 0. The van der Waals surface area contributed by atoms with Crippen LogP contribution in [0.5, 0.6) is 0 Å². The first kappa shape index (κ1) is 32.7. The summed E-state index contributed by atoms with van der Waals surface area (Å²) < 4.78 is 7.40. The fraction of sp³-hybridized carbons (Fsp3) is 1.00. The van der Waals surface area contributed by atoms with E-state index in [2.05, 4.69) is 8.85 Å². The molecule has 0 amide bonds. The molecule has 17 heavy (non-hydrogen) atoms. The van der Waals surface area contributed by atoms with E-state index >= 15 is 0 Å². The SMILES string of the molecule is CCO[Si]([O-])([O-])[O-].CCO[Si]([O-])([O-])[O-].[Ca+2].[Ca+2].[Ca+2]. The zero-order valence-corrected chi connectivity index (χ0v) is 18.4. The van der Waals surface area contributed by atoms with Gasteiger partial charge in [-0.25, -0.2) is 0 Å². The molecular weight excluding hydrogens is 352 g/mol. The molecule has 0 heterocycles. The Morgan fingerprint density at radius 2 is 0.824 bits per heavy atom. The van der Waals surface area contributed by atoms with Crippen LogP contribution >= 0.6 is 0 Å². The van der Waals surface area contributed by atoms with Crippen molar-refractivity contribution >= 4 is 131 Å². The monoisotopic (exact) mass is 362 g/mol. The summed E-state index contributed by atoms with van der Waals surface area (Å²) in [6, 6.07) is 0. The van der Waals surface area contributed by atoms with Gasteiger partial charge in [-0.2, -0.15) is 0 Å². The topological polar surface area (TPSA) is 157 Å². The third-order valence-electron chi connectivity index (χ3n) is 0.642. The van der Waals surface area contributed by atoms with E-state index in [1.54, 1.807) is 0 Å². The van der Waals surface area contributed by atoms with Gasteiger partial charge in [0, 0.05) is 13.2 Å². The van der Waals surface area contributed by atoms with Crippen LogP contribution in [0.2, 0.25) is 0 Å². The molecule has 13 heteroatoms. The summed E-state index contributed by atoms with van der Waals surface area (Å²) in [6.45, 7) is 2.75. The van der Waals surface area contributed by atoms with Gasteiger partial charge in [-0.1, -0.05) is 0 Å². The molecule has 0 radical (unpaired) electrons. The first-order valence-electron chi connectivity index (χ1n) is 3.62. The number of rotatable bonds is 4. The van der Waals surface area contributed by atoms with Crippen LogP contribution in [0.3, 0.4) is 0 Å². The van der Waals surface area contributed by atoms with Crippen molar-refractivity contribution in [2.24, 2.45) is 0 Å². The van der Waals surface area contributed by atoms with E-state index in [9.17, 15) is 28.8 Å². The molecule has 0 aromatic rings. The van der Waals surface area contributed by atoms with E-state index in [0.29, 0.717) is 0 Å². The zero-order chi connectivity index (χ0) is 11.8. The molecule has 0 bridgehead atoms. The normalized spacial score (nSPS) is 9.88. The standard InChI is InChI=1S/2C2H5O4Si.3Ca/c2*1-2-6-7(3,4)5;;;/h2*2H2,1H3;;;/q2*-3;3*+2. The van der Waals surface area contributed by atoms with Gasteiger partial charge in [0.1, 0.15) is 0 Å². The second kappa shape index (κ2) is 17.9. The average Bonchev–Trinajstić information content (AvgIpc) is 1.81. The van der Waals surface area contributed by atoms with Crippen molar-refractivity contribution in [2.75, 3.05) is 13.2 Å². The van der Waals surface area contributed by atoms with Gasteiger partial charge in [0.15, 0.2) is 0 Å². The van der Waals surface area contributed by atoms with Crippen LogP contribution in [0.15, 0.2) is 0 Å². The molecule has 0 saturated carbocycles. The van der Waals surface area contributed by atoms with Crippen molar-refractivity contribution in [3.8, 4) is 0 Å². The molecule has 0 aromatic carbocycles. The Morgan fingerprint density at radius 1 is 0.647 bits per heavy atom. The second-order valence-electron chi connectivity index (χ2n) is 1.87. The molecule has 0 saturated heterocycles. The predicted octanol–water partition coefficient (Wildman–Crippen LogP) is -8.06. The Kier molecular flexibility index (Phi) is 34.5. The molecule has 0 aliphatic rings. The van der Waals surface area contributed by atoms with Gasteiger partial charge in [0.05, 0.1) is 0 Å². The van der Waals surface area contributed by atoms with Crippen molar-refractivity contribution in [1.82, 2.24) is 0 Å². The van der Waals surface area contributed by atoms with E-state index in [1.807, 2.05) is 0 Å². The molecule has 0 atom stereocenters. The third-order valence-corrected chi connectivity index (χ3v) is 1.93. The van der Waals surface area contributed by atoms with E-state index in [1.165, 1.54) is 13.8 Å². The summed E-state index contributed by atoms with van der Waals surface area (Å²) in [4.78, 5) is 57.1. The average molecular weight is 363 g/mol. The largest absolute Gasteiger partial charge is 2.00 e. The fourth-order valence-electron chi connectivity index (χ4n) is 0.354. The van der Waals surface area contributed by atoms with Gasteiger partial charge >= 0.3 is 113 Å². The maximum atomic E-state index is 9.51. The number of hydrogen-bond donors (Lipinski definition) is 0. The Balaban J connectivity index is -0.0000000480. The second-order valence-corrected chi connectivity index (χ2v) is 4.44. The summed E-state index contributed by atoms with van der Waals surface area (Å²) in [5.41, 5.74) is 0. The van der Waals surface area contributed by atoms with Gasteiger partial charge in [0.25, 0.3) is 0 Å².